The Morgan fingerprint density at radius 1 is 1.45 bits per heavy atom. The first-order valence-electron chi connectivity index (χ1n) is 6.80. The smallest absolute Gasteiger partial charge is 0.130 e. The van der Waals surface area contributed by atoms with Gasteiger partial charge in [0.2, 0.25) is 0 Å². The molecular formula is C14H20ClN5. The minimum absolute atomic E-state index is 0.123. The number of halogens is 1. The molecule has 108 valence electrons. The highest BCUT2D eigenvalue weighted by Gasteiger charge is 2.19. The van der Waals surface area contributed by atoms with Crippen molar-refractivity contribution in [2.45, 2.75) is 32.7 Å². The van der Waals surface area contributed by atoms with E-state index in [2.05, 4.69) is 27.3 Å². The van der Waals surface area contributed by atoms with Crippen LogP contribution < -0.4 is 5.32 Å². The number of hydrogen-bond acceptors (Lipinski definition) is 4. The van der Waals surface area contributed by atoms with Crippen LogP contribution in [0.3, 0.4) is 0 Å². The monoisotopic (exact) mass is 293 g/mol. The zero-order valence-electron chi connectivity index (χ0n) is 12.1. The molecule has 0 aliphatic heterocycles. The van der Waals surface area contributed by atoms with Crippen LogP contribution in [0.15, 0.2) is 18.6 Å². The molecule has 0 bridgehead atoms. The van der Waals surface area contributed by atoms with Crippen LogP contribution >= 0.6 is 11.6 Å². The van der Waals surface area contributed by atoms with Crippen LogP contribution in [0, 0.1) is 6.92 Å². The second-order valence-electron chi connectivity index (χ2n) is 4.82. The number of nitrogens with zero attached hydrogens (tertiary/aromatic N) is 4. The van der Waals surface area contributed by atoms with Gasteiger partial charge >= 0.3 is 0 Å². The fourth-order valence-corrected chi connectivity index (χ4v) is 2.47. The molecule has 0 radical (unpaired) electrons. The van der Waals surface area contributed by atoms with Gasteiger partial charge in [-0.05, 0) is 32.4 Å². The highest BCUT2D eigenvalue weighted by atomic mass is 35.5. The summed E-state index contributed by atoms with van der Waals surface area (Å²) in [6, 6.07) is 2.06. The van der Waals surface area contributed by atoms with E-state index in [0.29, 0.717) is 5.15 Å². The molecule has 2 aromatic heterocycles. The van der Waals surface area contributed by atoms with Gasteiger partial charge in [-0.25, -0.2) is 9.97 Å². The van der Waals surface area contributed by atoms with E-state index < -0.39 is 0 Å². The summed E-state index contributed by atoms with van der Waals surface area (Å²) in [7, 11) is 1.86. The summed E-state index contributed by atoms with van der Waals surface area (Å²) in [4.78, 5) is 8.32. The van der Waals surface area contributed by atoms with Crippen molar-refractivity contribution in [2.24, 2.45) is 7.05 Å². The molecule has 20 heavy (non-hydrogen) atoms. The normalized spacial score (nSPS) is 12.6. The van der Waals surface area contributed by atoms with Crippen molar-refractivity contribution >= 4 is 11.6 Å². The van der Waals surface area contributed by atoms with Gasteiger partial charge in [0, 0.05) is 18.8 Å². The van der Waals surface area contributed by atoms with Crippen molar-refractivity contribution in [2.75, 3.05) is 6.54 Å². The van der Waals surface area contributed by atoms with Crippen molar-refractivity contribution in [1.29, 1.82) is 0 Å². The van der Waals surface area contributed by atoms with Crippen molar-refractivity contribution in [1.82, 2.24) is 25.1 Å². The summed E-state index contributed by atoms with van der Waals surface area (Å²) < 4.78 is 1.71. The Bertz CT molecular complexity index is 552. The Morgan fingerprint density at radius 3 is 2.80 bits per heavy atom. The molecule has 1 unspecified atom stereocenters. The van der Waals surface area contributed by atoms with Gasteiger partial charge in [-0.3, -0.25) is 4.68 Å². The molecule has 5 nitrogen and oxygen atoms in total. The maximum Gasteiger partial charge on any atom is 0.130 e. The van der Waals surface area contributed by atoms with Crippen LogP contribution in [0.2, 0.25) is 5.15 Å². The minimum Gasteiger partial charge on any atom is -0.308 e. The summed E-state index contributed by atoms with van der Waals surface area (Å²) in [5.41, 5.74) is 3.02. The predicted octanol–water partition coefficient (Wildman–Crippen LogP) is 2.46. The lowest BCUT2D eigenvalue weighted by atomic mass is 10.0. The summed E-state index contributed by atoms with van der Waals surface area (Å²) in [6.45, 7) is 5.07. The van der Waals surface area contributed by atoms with Gasteiger partial charge in [0.1, 0.15) is 11.5 Å². The third kappa shape index (κ3) is 3.35. The number of aryl methyl sites for hydroxylation is 2. The third-order valence-electron chi connectivity index (χ3n) is 3.28. The first-order chi connectivity index (χ1) is 9.63. The van der Waals surface area contributed by atoms with Crippen LogP contribution in [-0.2, 0) is 13.5 Å². The third-order valence-corrected chi connectivity index (χ3v) is 3.75. The van der Waals surface area contributed by atoms with Gasteiger partial charge in [-0.1, -0.05) is 18.5 Å². The van der Waals surface area contributed by atoms with Crippen LogP contribution in [0.4, 0.5) is 0 Å². The van der Waals surface area contributed by atoms with Gasteiger partial charge < -0.3 is 5.32 Å². The van der Waals surface area contributed by atoms with E-state index in [1.54, 1.807) is 17.2 Å². The van der Waals surface area contributed by atoms with Crippen LogP contribution in [-0.4, -0.2) is 26.3 Å². The zero-order valence-corrected chi connectivity index (χ0v) is 12.9. The van der Waals surface area contributed by atoms with Gasteiger partial charge in [0.15, 0.2) is 0 Å². The second kappa shape index (κ2) is 6.81. The molecule has 0 aliphatic rings. The Hall–Kier alpha value is -1.46. The van der Waals surface area contributed by atoms with E-state index in [4.69, 9.17) is 11.6 Å². The topological polar surface area (TPSA) is 55.6 Å². The fraction of sp³-hybridized carbons (Fsp3) is 0.500. The second-order valence-corrected chi connectivity index (χ2v) is 5.18. The van der Waals surface area contributed by atoms with Crippen LogP contribution in [0.25, 0.3) is 0 Å². The SMILES string of the molecule is CCCNC(Cc1c(C)nn(C)c1Cl)c1ccncn1. The lowest BCUT2D eigenvalue weighted by Gasteiger charge is -2.17. The summed E-state index contributed by atoms with van der Waals surface area (Å²) in [5, 5.41) is 8.57. The minimum atomic E-state index is 0.123. The maximum absolute atomic E-state index is 6.32. The average molecular weight is 294 g/mol. The summed E-state index contributed by atoms with van der Waals surface area (Å²) >= 11 is 6.32. The van der Waals surface area contributed by atoms with Gasteiger partial charge in [-0.15, -0.1) is 0 Å². The first kappa shape index (κ1) is 14.9. The van der Waals surface area contributed by atoms with Gasteiger partial charge in [0.05, 0.1) is 17.4 Å². The first-order valence-corrected chi connectivity index (χ1v) is 7.18. The predicted molar refractivity (Wildman–Crippen MR) is 79.7 cm³/mol. The fourth-order valence-electron chi connectivity index (χ4n) is 2.22. The highest BCUT2D eigenvalue weighted by Crippen LogP contribution is 2.24. The molecule has 6 heteroatoms. The quantitative estimate of drug-likeness (QED) is 0.889. The van der Waals surface area contributed by atoms with E-state index in [9.17, 15) is 0 Å². The number of rotatable bonds is 6. The summed E-state index contributed by atoms with van der Waals surface area (Å²) in [5.74, 6) is 0. The number of hydrogen-bond donors (Lipinski definition) is 1. The maximum atomic E-state index is 6.32. The molecule has 0 saturated heterocycles. The van der Waals surface area contributed by atoms with Crippen LogP contribution in [0.5, 0.6) is 0 Å². The molecule has 2 aromatic rings. The van der Waals surface area contributed by atoms with E-state index in [-0.39, 0.29) is 6.04 Å². The molecule has 2 rings (SSSR count). The zero-order chi connectivity index (χ0) is 14.5. The van der Waals surface area contributed by atoms with Crippen molar-refractivity contribution in [3.63, 3.8) is 0 Å². The van der Waals surface area contributed by atoms with Crippen LogP contribution in [0.1, 0.15) is 36.3 Å². The Morgan fingerprint density at radius 2 is 2.25 bits per heavy atom. The molecule has 0 spiro atoms. The van der Waals surface area contributed by atoms with Gasteiger partial charge in [-0.2, -0.15) is 5.10 Å². The highest BCUT2D eigenvalue weighted by molar-refractivity contribution is 6.30. The average Bonchev–Trinajstić information content (AvgIpc) is 2.70. The standard InChI is InChI=1S/C14H20ClN5/c1-4-6-17-13(12-5-7-16-9-18-12)8-11-10(2)19-20(3)14(11)15/h5,7,9,13,17H,4,6,8H2,1-3H3. The van der Waals surface area contributed by atoms with E-state index in [0.717, 1.165) is 36.3 Å². The van der Waals surface area contributed by atoms with E-state index in [1.807, 2.05) is 20.0 Å². The Labute approximate surface area is 124 Å². The Kier molecular flexibility index (Phi) is 5.09. The largest absolute Gasteiger partial charge is 0.308 e. The molecule has 0 aliphatic carbocycles. The Balaban J connectivity index is 2.24. The van der Waals surface area contributed by atoms with E-state index in [1.165, 1.54) is 0 Å². The van der Waals surface area contributed by atoms with Crippen molar-refractivity contribution < 1.29 is 0 Å². The van der Waals surface area contributed by atoms with E-state index >= 15 is 0 Å². The van der Waals surface area contributed by atoms with Crippen molar-refractivity contribution in [3.8, 4) is 0 Å². The lowest BCUT2D eigenvalue weighted by molar-refractivity contribution is 0.516. The molecular weight excluding hydrogens is 274 g/mol. The number of aromatic nitrogens is 4. The molecule has 1 N–H and O–H groups in total. The molecule has 1 atom stereocenters. The molecule has 0 fully saturated rings. The number of nitrogens with one attached hydrogen (secondary N) is 1. The lowest BCUT2D eigenvalue weighted by Crippen LogP contribution is -2.25. The summed E-state index contributed by atoms with van der Waals surface area (Å²) in [6.07, 6.45) is 5.19. The van der Waals surface area contributed by atoms with Crippen molar-refractivity contribution in [3.05, 3.63) is 40.7 Å². The molecule has 0 amide bonds. The van der Waals surface area contributed by atoms with Gasteiger partial charge in [0.25, 0.3) is 0 Å². The molecule has 0 aromatic carbocycles. The molecule has 0 saturated carbocycles. The molecule has 2 heterocycles.